The van der Waals surface area contributed by atoms with Gasteiger partial charge in [0.25, 0.3) is 0 Å². The van der Waals surface area contributed by atoms with Crippen molar-refractivity contribution in [1.29, 1.82) is 0 Å². The highest BCUT2D eigenvalue weighted by Crippen LogP contribution is 2.10. The average Bonchev–Trinajstić information content (AvgIpc) is 2.35. The predicted octanol–water partition coefficient (Wildman–Crippen LogP) is 2.02. The number of hydrogen-bond acceptors (Lipinski definition) is 2. The van der Waals surface area contributed by atoms with Crippen molar-refractivity contribution in [3.05, 3.63) is 35.9 Å². The molecule has 0 aliphatic rings. The Hall–Kier alpha value is -1.55. The van der Waals surface area contributed by atoms with Crippen LogP contribution in [0.1, 0.15) is 5.56 Å². The van der Waals surface area contributed by atoms with Crippen molar-refractivity contribution < 1.29 is 14.7 Å². The van der Waals surface area contributed by atoms with Gasteiger partial charge in [0.1, 0.15) is 0 Å². The third-order valence-corrected chi connectivity index (χ3v) is 2.81. The van der Waals surface area contributed by atoms with Crippen LogP contribution < -0.4 is 0 Å². The number of likely N-dealkylation sites (N-methyl/N-ethyl adjacent to an activating group) is 1. The lowest BCUT2D eigenvalue weighted by Gasteiger charge is -2.23. The minimum absolute atomic E-state index is 0.185. The lowest BCUT2D eigenvalue weighted by molar-refractivity contribution is -0.120. The summed E-state index contributed by atoms with van der Waals surface area (Å²) in [7, 11) is 1.38. The van der Waals surface area contributed by atoms with E-state index < -0.39 is 12.1 Å². The van der Waals surface area contributed by atoms with Crippen molar-refractivity contribution in [3.8, 4) is 0 Å². The van der Waals surface area contributed by atoms with Crippen molar-refractivity contribution in [1.82, 2.24) is 4.90 Å². The molecule has 0 bridgehead atoms. The van der Waals surface area contributed by atoms with Gasteiger partial charge in [0.15, 0.2) is 5.78 Å². The zero-order valence-electron chi connectivity index (χ0n) is 9.47. The van der Waals surface area contributed by atoms with Crippen LogP contribution in [0.3, 0.4) is 0 Å². The number of hydrogen-bond donors (Lipinski definition) is 1. The molecular formula is C12H14ClNO3. The van der Waals surface area contributed by atoms with Crippen LogP contribution in [0.4, 0.5) is 4.79 Å². The maximum absolute atomic E-state index is 11.6. The maximum Gasteiger partial charge on any atom is 0.407 e. The van der Waals surface area contributed by atoms with E-state index in [1.807, 2.05) is 30.3 Å². The summed E-state index contributed by atoms with van der Waals surface area (Å²) in [6.45, 7) is 0. The summed E-state index contributed by atoms with van der Waals surface area (Å²) in [5, 5.41) is 8.91. The fourth-order valence-corrected chi connectivity index (χ4v) is 1.70. The number of rotatable bonds is 5. The smallest absolute Gasteiger partial charge is 0.407 e. The molecule has 1 unspecified atom stereocenters. The molecule has 17 heavy (non-hydrogen) atoms. The molecule has 92 valence electrons. The van der Waals surface area contributed by atoms with E-state index in [1.165, 1.54) is 7.05 Å². The molecule has 1 rings (SSSR count). The van der Waals surface area contributed by atoms with Crippen LogP contribution in [-0.2, 0) is 11.2 Å². The summed E-state index contributed by atoms with van der Waals surface area (Å²) >= 11 is 5.49. The quantitative estimate of drug-likeness (QED) is 0.819. The summed E-state index contributed by atoms with van der Waals surface area (Å²) in [6.07, 6.45) is -0.792. The topological polar surface area (TPSA) is 57.6 Å². The largest absolute Gasteiger partial charge is 0.465 e. The van der Waals surface area contributed by atoms with Gasteiger partial charge in [-0.3, -0.25) is 4.79 Å². The Morgan fingerprint density at radius 2 is 1.94 bits per heavy atom. The van der Waals surface area contributed by atoms with Crippen molar-refractivity contribution in [2.45, 2.75) is 12.5 Å². The van der Waals surface area contributed by atoms with Crippen LogP contribution in [0.2, 0.25) is 0 Å². The molecule has 0 spiro atoms. The van der Waals surface area contributed by atoms with E-state index in [-0.39, 0.29) is 11.7 Å². The summed E-state index contributed by atoms with van der Waals surface area (Å²) in [6, 6.07) is 8.53. The third kappa shape index (κ3) is 3.75. The highest BCUT2D eigenvalue weighted by atomic mass is 35.5. The predicted molar refractivity (Wildman–Crippen MR) is 65.4 cm³/mol. The molecule has 1 aromatic rings. The Kier molecular flexibility index (Phi) is 4.97. The summed E-state index contributed by atoms with van der Waals surface area (Å²) in [5.41, 5.74) is 0.907. The van der Waals surface area contributed by atoms with E-state index in [0.29, 0.717) is 6.42 Å². The number of amides is 1. The second kappa shape index (κ2) is 6.25. The van der Waals surface area contributed by atoms with Gasteiger partial charge in [-0.2, -0.15) is 0 Å². The Labute approximate surface area is 105 Å². The van der Waals surface area contributed by atoms with Gasteiger partial charge in [0.2, 0.25) is 0 Å². The van der Waals surface area contributed by atoms with Gasteiger partial charge in [-0.1, -0.05) is 30.3 Å². The molecule has 5 heteroatoms. The van der Waals surface area contributed by atoms with Gasteiger partial charge in [0.05, 0.1) is 11.9 Å². The zero-order chi connectivity index (χ0) is 12.8. The van der Waals surface area contributed by atoms with Gasteiger partial charge in [-0.15, -0.1) is 11.6 Å². The number of halogens is 1. The highest BCUT2D eigenvalue weighted by Gasteiger charge is 2.25. The van der Waals surface area contributed by atoms with Crippen LogP contribution in [0.5, 0.6) is 0 Å². The number of carboxylic acid groups (broad SMARTS) is 1. The number of Topliss-reactive ketones (excluding diaryl/α,β-unsaturated/α-hetero) is 1. The molecule has 0 aliphatic carbocycles. The highest BCUT2D eigenvalue weighted by molar-refractivity contribution is 6.28. The first-order valence-electron chi connectivity index (χ1n) is 5.14. The van der Waals surface area contributed by atoms with E-state index in [9.17, 15) is 9.59 Å². The molecular weight excluding hydrogens is 242 g/mol. The molecule has 0 radical (unpaired) electrons. The number of carbonyl (C=O) groups is 2. The van der Waals surface area contributed by atoms with E-state index in [0.717, 1.165) is 10.5 Å². The number of alkyl halides is 1. The fraction of sp³-hybridized carbons (Fsp3) is 0.333. The second-order valence-corrected chi connectivity index (χ2v) is 3.97. The van der Waals surface area contributed by atoms with Crippen molar-refractivity contribution in [2.24, 2.45) is 0 Å². The van der Waals surface area contributed by atoms with Crippen LogP contribution in [0.15, 0.2) is 30.3 Å². The van der Waals surface area contributed by atoms with Crippen molar-refractivity contribution >= 4 is 23.5 Å². The molecule has 0 saturated carbocycles. The van der Waals surface area contributed by atoms with Gasteiger partial charge in [-0.05, 0) is 5.56 Å². The normalized spacial score (nSPS) is 11.9. The zero-order valence-corrected chi connectivity index (χ0v) is 10.2. The van der Waals surface area contributed by atoms with E-state index in [2.05, 4.69) is 0 Å². The maximum atomic E-state index is 11.6. The first kappa shape index (κ1) is 13.5. The summed E-state index contributed by atoms with van der Waals surface area (Å²) < 4.78 is 0. The SMILES string of the molecule is CN(C(=O)O)C(Cc1ccccc1)C(=O)CCl. The molecule has 4 nitrogen and oxygen atoms in total. The lowest BCUT2D eigenvalue weighted by atomic mass is 10.0. The van der Waals surface area contributed by atoms with E-state index >= 15 is 0 Å². The number of benzene rings is 1. The molecule has 0 aliphatic heterocycles. The average molecular weight is 256 g/mol. The van der Waals surface area contributed by atoms with Crippen molar-refractivity contribution in [3.63, 3.8) is 0 Å². The van der Waals surface area contributed by atoms with Gasteiger partial charge in [0, 0.05) is 13.5 Å². The van der Waals surface area contributed by atoms with Gasteiger partial charge < -0.3 is 10.0 Å². The van der Waals surface area contributed by atoms with Crippen LogP contribution >= 0.6 is 11.6 Å². The monoisotopic (exact) mass is 255 g/mol. The molecule has 0 saturated heterocycles. The van der Waals surface area contributed by atoms with Gasteiger partial charge >= 0.3 is 6.09 Å². The van der Waals surface area contributed by atoms with Crippen molar-refractivity contribution in [2.75, 3.05) is 12.9 Å². The Bertz CT molecular complexity index is 394. The second-order valence-electron chi connectivity index (χ2n) is 3.70. The van der Waals surface area contributed by atoms with E-state index in [4.69, 9.17) is 16.7 Å². The van der Waals surface area contributed by atoms with Crippen LogP contribution in [0.25, 0.3) is 0 Å². The molecule has 1 N–H and O–H groups in total. The standard InChI is InChI=1S/C12H14ClNO3/c1-14(12(16)17)10(11(15)8-13)7-9-5-3-2-4-6-9/h2-6,10H,7-8H2,1H3,(H,16,17). The minimum Gasteiger partial charge on any atom is -0.465 e. The number of carbonyl (C=O) groups excluding carboxylic acids is 1. The fourth-order valence-electron chi connectivity index (χ4n) is 1.53. The first-order valence-corrected chi connectivity index (χ1v) is 5.68. The molecule has 0 aromatic heterocycles. The first-order chi connectivity index (χ1) is 8.06. The molecule has 1 amide bonds. The summed E-state index contributed by atoms with van der Waals surface area (Å²) in [5.74, 6) is -0.477. The van der Waals surface area contributed by atoms with Crippen LogP contribution in [0, 0.1) is 0 Å². The van der Waals surface area contributed by atoms with E-state index in [1.54, 1.807) is 0 Å². The Balaban J connectivity index is 2.85. The number of ketones is 1. The Morgan fingerprint density at radius 3 is 2.41 bits per heavy atom. The molecule has 1 atom stereocenters. The molecule has 0 fully saturated rings. The van der Waals surface area contributed by atoms with Crippen LogP contribution in [-0.4, -0.2) is 40.9 Å². The number of nitrogens with zero attached hydrogens (tertiary/aromatic N) is 1. The Morgan fingerprint density at radius 1 is 1.35 bits per heavy atom. The minimum atomic E-state index is -1.13. The molecule has 0 heterocycles. The lowest BCUT2D eigenvalue weighted by Crippen LogP contribution is -2.43. The molecule has 1 aromatic carbocycles. The van der Waals surface area contributed by atoms with Gasteiger partial charge in [-0.25, -0.2) is 4.79 Å². The summed E-state index contributed by atoms with van der Waals surface area (Å²) in [4.78, 5) is 23.5. The third-order valence-electron chi connectivity index (χ3n) is 2.54.